The van der Waals surface area contributed by atoms with E-state index >= 15 is 0 Å². The Morgan fingerprint density at radius 1 is 1.00 bits per heavy atom. The van der Waals surface area contributed by atoms with Gasteiger partial charge in [0, 0.05) is 52.1 Å². The van der Waals surface area contributed by atoms with E-state index in [-0.39, 0.29) is 22.6 Å². The van der Waals surface area contributed by atoms with Gasteiger partial charge in [-0.15, -0.1) is 0 Å². The van der Waals surface area contributed by atoms with Crippen molar-refractivity contribution < 1.29 is 22.5 Å². The molecule has 0 spiro atoms. The highest BCUT2D eigenvalue weighted by Gasteiger charge is 2.35. The molecule has 0 atom stereocenters. The highest BCUT2D eigenvalue weighted by Crippen LogP contribution is 2.29. The van der Waals surface area contributed by atoms with Crippen molar-refractivity contribution in [3.8, 4) is 0 Å². The van der Waals surface area contributed by atoms with Crippen LogP contribution >= 0.6 is 0 Å². The molecule has 0 aromatic carbocycles. The van der Waals surface area contributed by atoms with Crippen LogP contribution in [0.15, 0.2) is 9.42 Å². The monoisotopic (exact) mass is 440 g/mol. The molecule has 2 amide bonds. The molecule has 0 N–H and O–H groups in total. The van der Waals surface area contributed by atoms with Crippen molar-refractivity contribution in [2.75, 3.05) is 39.3 Å². The Kier molecular flexibility index (Phi) is 7.18. The summed E-state index contributed by atoms with van der Waals surface area (Å²) in [5.41, 5.74) is 0.376. The van der Waals surface area contributed by atoms with E-state index in [1.54, 1.807) is 13.8 Å². The number of carbonyl (C=O) groups is 2. The van der Waals surface area contributed by atoms with E-state index in [4.69, 9.17) is 4.52 Å². The molecule has 2 aliphatic rings. The summed E-state index contributed by atoms with van der Waals surface area (Å²) in [6.45, 7) is 8.35. The van der Waals surface area contributed by atoms with Gasteiger partial charge >= 0.3 is 0 Å². The summed E-state index contributed by atoms with van der Waals surface area (Å²) >= 11 is 0. The molecule has 0 saturated carbocycles. The number of piperazine rings is 1. The largest absolute Gasteiger partial charge is 0.360 e. The summed E-state index contributed by atoms with van der Waals surface area (Å²) in [6.07, 6.45) is 3.14. The van der Waals surface area contributed by atoms with Crippen molar-refractivity contribution in [1.29, 1.82) is 0 Å². The van der Waals surface area contributed by atoms with Gasteiger partial charge in [0.15, 0.2) is 5.76 Å². The van der Waals surface area contributed by atoms with Crippen LogP contribution in [0.2, 0.25) is 0 Å². The number of amides is 2. The number of rotatable bonds is 6. The topological polar surface area (TPSA) is 104 Å². The Balaban J connectivity index is 1.48. The van der Waals surface area contributed by atoms with Gasteiger partial charge in [-0.05, 0) is 39.0 Å². The Morgan fingerprint density at radius 3 is 2.07 bits per heavy atom. The van der Waals surface area contributed by atoms with Crippen LogP contribution in [0.3, 0.4) is 0 Å². The third-order valence-corrected chi connectivity index (χ3v) is 8.20. The fourth-order valence-electron chi connectivity index (χ4n) is 4.28. The van der Waals surface area contributed by atoms with E-state index in [2.05, 4.69) is 5.16 Å². The van der Waals surface area contributed by atoms with E-state index in [1.807, 2.05) is 16.7 Å². The maximum absolute atomic E-state index is 12.9. The van der Waals surface area contributed by atoms with Crippen LogP contribution in [-0.4, -0.2) is 78.8 Å². The summed E-state index contributed by atoms with van der Waals surface area (Å²) in [7, 11) is -3.63. The molecular formula is C20H32N4O5S. The van der Waals surface area contributed by atoms with E-state index in [9.17, 15) is 18.0 Å². The third kappa shape index (κ3) is 4.85. The third-order valence-electron chi connectivity index (χ3n) is 6.05. The Morgan fingerprint density at radius 2 is 1.57 bits per heavy atom. The number of piperidine rings is 1. The molecule has 2 saturated heterocycles. The molecular weight excluding hydrogens is 408 g/mol. The number of aryl methyl sites for hydroxylation is 2. The minimum absolute atomic E-state index is 0.102. The van der Waals surface area contributed by atoms with Gasteiger partial charge in [0.2, 0.25) is 21.8 Å². The summed E-state index contributed by atoms with van der Waals surface area (Å²) in [4.78, 5) is 28.5. The average Bonchev–Trinajstić information content (AvgIpc) is 3.07. The SMILES string of the molecule is CCCC(=O)N1CCN(C(=O)CC2CCN(S(=O)(=O)c3c(C)noc3C)CC2)CC1. The number of nitrogens with zero attached hydrogens (tertiary/aromatic N) is 4. The van der Waals surface area contributed by atoms with Gasteiger partial charge < -0.3 is 14.3 Å². The zero-order chi connectivity index (χ0) is 21.9. The maximum Gasteiger partial charge on any atom is 0.248 e. The first-order valence-corrected chi connectivity index (χ1v) is 12.2. The maximum atomic E-state index is 12.9. The molecule has 9 nitrogen and oxygen atoms in total. The Labute approximate surface area is 178 Å². The highest BCUT2D eigenvalue weighted by molar-refractivity contribution is 7.89. The summed E-state index contributed by atoms with van der Waals surface area (Å²) < 4.78 is 32.3. The van der Waals surface area contributed by atoms with Crippen molar-refractivity contribution in [3.05, 3.63) is 11.5 Å². The van der Waals surface area contributed by atoms with Crippen LogP contribution in [-0.2, 0) is 19.6 Å². The second kappa shape index (κ2) is 9.47. The van der Waals surface area contributed by atoms with Crippen LogP contribution in [0.25, 0.3) is 0 Å². The molecule has 3 heterocycles. The van der Waals surface area contributed by atoms with Crippen LogP contribution in [0, 0.1) is 19.8 Å². The fourth-order valence-corrected chi connectivity index (χ4v) is 6.04. The first-order chi connectivity index (χ1) is 14.2. The smallest absolute Gasteiger partial charge is 0.248 e. The van der Waals surface area contributed by atoms with E-state index in [0.717, 1.165) is 6.42 Å². The summed E-state index contributed by atoms with van der Waals surface area (Å²) in [5.74, 6) is 0.746. The van der Waals surface area contributed by atoms with Gasteiger partial charge in [-0.2, -0.15) is 4.31 Å². The predicted molar refractivity (Wildman–Crippen MR) is 110 cm³/mol. The Hall–Kier alpha value is -1.94. The van der Waals surface area contributed by atoms with Gasteiger partial charge in [0.25, 0.3) is 0 Å². The van der Waals surface area contributed by atoms with Crippen LogP contribution in [0.5, 0.6) is 0 Å². The normalized spacial score (nSPS) is 19.3. The second-order valence-corrected chi connectivity index (χ2v) is 10.1. The van der Waals surface area contributed by atoms with Crippen molar-refractivity contribution in [2.45, 2.75) is 57.8 Å². The standard InChI is InChI=1S/C20H32N4O5S/c1-4-5-18(25)22-10-12-23(13-11-22)19(26)14-17-6-8-24(9-7-17)30(27,28)20-15(2)21-29-16(20)3/h17H,4-14H2,1-3H3. The number of carbonyl (C=O) groups excluding carboxylic acids is 2. The zero-order valence-electron chi connectivity index (χ0n) is 18.1. The minimum atomic E-state index is -3.63. The van der Waals surface area contributed by atoms with E-state index < -0.39 is 10.0 Å². The van der Waals surface area contributed by atoms with E-state index in [1.165, 1.54) is 4.31 Å². The molecule has 1 aromatic heterocycles. The lowest BCUT2D eigenvalue weighted by atomic mass is 9.94. The number of sulfonamides is 1. The minimum Gasteiger partial charge on any atom is -0.360 e. The molecule has 3 rings (SSSR count). The first kappa shape index (κ1) is 22.7. The van der Waals surface area contributed by atoms with Gasteiger partial charge in [-0.3, -0.25) is 9.59 Å². The van der Waals surface area contributed by atoms with E-state index in [0.29, 0.717) is 76.4 Å². The summed E-state index contributed by atoms with van der Waals surface area (Å²) in [6, 6.07) is 0. The van der Waals surface area contributed by atoms with Crippen molar-refractivity contribution in [1.82, 2.24) is 19.3 Å². The molecule has 168 valence electrons. The molecule has 0 aliphatic carbocycles. The Bertz CT molecular complexity index is 846. The molecule has 10 heteroatoms. The highest BCUT2D eigenvalue weighted by atomic mass is 32.2. The van der Waals surface area contributed by atoms with Crippen molar-refractivity contribution in [2.24, 2.45) is 5.92 Å². The van der Waals surface area contributed by atoms with Crippen molar-refractivity contribution in [3.63, 3.8) is 0 Å². The van der Waals surface area contributed by atoms with Crippen molar-refractivity contribution >= 4 is 21.8 Å². The quantitative estimate of drug-likeness (QED) is 0.665. The second-order valence-electron chi connectivity index (χ2n) is 8.22. The van der Waals surface area contributed by atoms with Crippen LogP contribution < -0.4 is 0 Å². The average molecular weight is 441 g/mol. The predicted octanol–water partition coefficient (Wildman–Crippen LogP) is 1.55. The molecule has 0 bridgehead atoms. The number of aromatic nitrogens is 1. The molecule has 2 aliphatic heterocycles. The van der Waals surface area contributed by atoms with Gasteiger partial charge in [-0.25, -0.2) is 8.42 Å². The van der Waals surface area contributed by atoms with Crippen LogP contribution in [0.4, 0.5) is 0 Å². The van der Waals surface area contributed by atoms with Gasteiger partial charge in [0.05, 0.1) is 0 Å². The first-order valence-electron chi connectivity index (χ1n) is 10.7. The lowest BCUT2D eigenvalue weighted by Gasteiger charge is -2.36. The molecule has 0 unspecified atom stereocenters. The van der Waals surface area contributed by atoms with Gasteiger partial charge in [0.1, 0.15) is 10.6 Å². The fraction of sp³-hybridized carbons (Fsp3) is 0.750. The number of hydrogen-bond acceptors (Lipinski definition) is 6. The summed E-state index contributed by atoms with van der Waals surface area (Å²) in [5, 5.41) is 3.75. The zero-order valence-corrected chi connectivity index (χ0v) is 18.9. The lowest BCUT2D eigenvalue weighted by Crippen LogP contribution is -2.51. The lowest BCUT2D eigenvalue weighted by molar-refractivity contribution is -0.140. The molecule has 2 fully saturated rings. The molecule has 1 aromatic rings. The van der Waals surface area contributed by atoms with Crippen LogP contribution in [0.1, 0.15) is 50.5 Å². The molecule has 30 heavy (non-hydrogen) atoms. The number of hydrogen-bond donors (Lipinski definition) is 0. The molecule has 0 radical (unpaired) electrons. The van der Waals surface area contributed by atoms with Gasteiger partial charge in [-0.1, -0.05) is 12.1 Å².